The molecule has 2 N–H and O–H groups in total. The molecule has 1 amide bonds. The molecule has 0 radical (unpaired) electrons. The minimum absolute atomic E-state index is 0.0105. The molecule has 2 aromatic carbocycles. The first-order valence-corrected chi connectivity index (χ1v) is 10.2. The van der Waals surface area contributed by atoms with Gasteiger partial charge in [-0.05, 0) is 36.8 Å². The summed E-state index contributed by atoms with van der Waals surface area (Å²) in [7, 11) is -0.658. The lowest BCUT2D eigenvalue weighted by Crippen LogP contribution is -2.25. The van der Waals surface area contributed by atoms with Crippen LogP contribution in [0.1, 0.15) is 5.56 Å². The summed E-state index contributed by atoms with van der Waals surface area (Å²) in [4.78, 5) is 12.5. The molecule has 150 valence electrons. The molecular weight excluding hydrogens is 382 g/mol. The number of nitrogens with zero attached hydrogens (tertiary/aromatic N) is 1. The van der Waals surface area contributed by atoms with Crippen LogP contribution >= 0.6 is 0 Å². The molecular formula is C19H23N3O5S. The first kappa shape index (κ1) is 20.0. The van der Waals surface area contributed by atoms with Gasteiger partial charge in [-0.15, -0.1) is 0 Å². The number of nitrogens with one attached hydrogen (secondary N) is 2. The molecule has 1 aliphatic heterocycles. The van der Waals surface area contributed by atoms with Gasteiger partial charge in [0.1, 0.15) is 13.2 Å². The van der Waals surface area contributed by atoms with Crippen molar-refractivity contribution < 1.29 is 22.7 Å². The predicted molar refractivity (Wildman–Crippen MR) is 107 cm³/mol. The smallest absolute Gasteiger partial charge is 0.243 e. The third kappa shape index (κ3) is 4.20. The van der Waals surface area contributed by atoms with Crippen LogP contribution in [-0.2, 0) is 14.8 Å². The van der Waals surface area contributed by atoms with Crippen molar-refractivity contribution in [1.82, 2.24) is 4.31 Å². The van der Waals surface area contributed by atoms with E-state index in [2.05, 4.69) is 10.6 Å². The second-order valence-electron chi connectivity index (χ2n) is 6.50. The van der Waals surface area contributed by atoms with Gasteiger partial charge in [0.15, 0.2) is 11.5 Å². The maximum Gasteiger partial charge on any atom is 0.243 e. The number of anilines is 2. The molecule has 0 fully saturated rings. The zero-order valence-electron chi connectivity index (χ0n) is 16.0. The number of aryl methyl sites for hydroxylation is 1. The van der Waals surface area contributed by atoms with E-state index in [0.29, 0.717) is 41.7 Å². The summed E-state index contributed by atoms with van der Waals surface area (Å²) in [5.74, 6) is 0.899. The Hall–Kier alpha value is -2.78. The van der Waals surface area contributed by atoms with Crippen molar-refractivity contribution >= 4 is 27.3 Å². The molecule has 2 aromatic rings. The molecule has 3 rings (SSSR count). The number of amides is 1. The SMILES string of the molecule is Cc1ccc(NC(=O)CNc2cccc3c2OCCO3)cc1S(=O)(=O)N(C)C. The van der Waals surface area contributed by atoms with Crippen molar-refractivity contribution in [2.24, 2.45) is 0 Å². The van der Waals surface area contributed by atoms with Crippen LogP contribution < -0.4 is 20.1 Å². The summed E-state index contributed by atoms with van der Waals surface area (Å²) >= 11 is 0. The number of fused-ring (bicyclic) bond motifs is 1. The summed E-state index contributed by atoms with van der Waals surface area (Å²) in [6, 6.07) is 10.2. The predicted octanol–water partition coefficient (Wildman–Crippen LogP) is 2.07. The van der Waals surface area contributed by atoms with E-state index < -0.39 is 10.0 Å². The number of benzene rings is 2. The number of hydrogen-bond donors (Lipinski definition) is 2. The number of para-hydroxylation sites is 1. The van der Waals surface area contributed by atoms with Crippen molar-refractivity contribution in [3.8, 4) is 11.5 Å². The second kappa shape index (κ2) is 8.07. The van der Waals surface area contributed by atoms with Crippen LogP contribution in [0.25, 0.3) is 0 Å². The maximum atomic E-state index is 12.4. The molecule has 0 saturated heterocycles. The minimum Gasteiger partial charge on any atom is -0.486 e. The van der Waals surface area contributed by atoms with Gasteiger partial charge >= 0.3 is 0 Å². The summed E-state index contributed by atoms with van der Waals surface area (Å²) in [5, 5.41) is 5.74. The highest BCUT2D eigenvalue weighted by atomic mass is 32.2. The molecule has 0 spiro atoms. The first-order chi connectivity index (χ1) is 13.3. The monoisotopic (exact) mass is 405 g/mol. The van der Waals surface area contributed by atoms with Crippen LogP contribution in [0.3, 0.4) is 0 Å². The van der Waals surface area contributed by atoms with Gasteiger partial charge in [-0.25, -0.2) is 12.7 Å². The van der Waals surface area contributed by atoms with Gasteiger partial charge in [-0.2, -0.15) is 0 Å². The van der Waals surface area contributed by atoms with E-state index in [1.54, 1.807) is 31.2 Å². The number of sulfonamides is 1. The number of carbonyl (C=O) groups is 1. The number of carbonyl (C=O) groups excluding carboxylic acids is 1. The van der Waals surface area contributed by atoms with E-state index in [4.69, 9.17) is 9.47 Å². The summed E-state index contributed by atoms with van der Waals surface area (Å²) in [6.45, 7) is 2.64. The molecule has 0 aromatic heterocycles. The van der Waals surface area contributed by atoms with Crippen LogP contribution in [0.15, 0.2) is 41.3 Å². The largest absolute Gasteiger partial charge is 0.486 e. The van der Waals surface area contributed by atoms with E-state index >= 15 is 0 Å². The lowest BCUT2D eigenvalue weighted by Gasteiger charge is -2.21. The van der Waals surface area contributed by atoms with E-state index in [1.807, 2.05) is 6.07 Å². The average molecular weight is 405 g/mol. The molecule has 8 nitrogen and oxygen atoms in total. The topological polar surface area (TPSA) is 97.0 Å². The van der Waals surface area contributed by atoms with Crippen LogP contribution in [0.4, 0.5) is 11.4 Å². The molecule has 28 heavy (non-hydrogen) atoms. The van der Waals surface area contributed by atoms with Gasteiger partial charge in [0, 0.05) is 19.8 Å². The Morgan fingerprint density at radius 2 is 1.89 bits per heavy atom. The lowest BCUT2D eigenvalue weighted by atomic mass is 10.2. The normalized spacial score (nSPS) is 13.3. The lowest BCUT2D eigenvalue weighted by molar-refractivity contribution is -0.114. The highest BCUT2D eigenvalue weighted by Crippen LogP contribution is 2.37. The maximum absolute atomic E-state index is 12.4. The highest BCUT2D eigenvalue weighted by molar-refractivity contribution is 7.89. The summed E-state index contributed by atoms with van der Waals surface area (Å²) in [5.41, 5.74) is 1.68. The van der Waals surface area contributed by atoms with Gasteiger partial charge in [0.05, 0.1) is 17.1 Å². The van der Waals surface area contributed by atoms with Gasteiger partial charge < -0.3 is 20.1 Å². The Morgan fingerprint density at radius 1 is 1.14 bits per heavy atom. The van der Waals surface area contributed by atoms with Crippen molar-refractivity contribution in [2.45, 2.75) is 11.8 Å². The van der Waals surface area contributed by atoms with E-state index in [1.165, 1.54) is 20.2 Å². The zero-order valence-corrected chi connectivity index (χ0v) is 16.8. The number of rotatable bonds is 6. The van der Waals surface area contributed by atoms with E-state index in [9.17, 15) is 13.2 Å². The molecule has 0 aliphatic carbocycles. The van der Waals surface area contributed by atoms with Gasteiger partial charge in [-0.3, -0.25) is 4.79 Å². The fourth-order valence-electron chi connectivity index (χ4n) is 2.75. The minimum atomic E-state index is -3.60. The fourth-order valence-corrected chi connectivity index (χ4v) is 3.89. The van der Waals surface area contributed by atoms with Crippen LogP contribution in [0.2, 0.25) is 0 Å². The number of ether oxygens (including phenoxy) is 2. The molecule has 1 heterocycles. The van der Waals surface area contributed by atoms with Crippen molar-refractivity contribution in [1.29, 1.82) is 0 Å². The Bertz CT molecular complexity index is 989. The molecule has 0 atom stereocenters. The standard InChI is InChI=1S/C19H23N3O5S/c1-13-7-8-14(11-17(13)28(24,25)22(2)3)21-18(23)12-20-15-5-4-6-16-19(15)27-10-9-26-16/h4-8,11,20H,9-10,12H2,1-3H3,(H,21,23). The third-order valence-corrected chi connectivity index (χ3v) is 6.19. The highest BCUT2D eigenvalue weighted by Gasteiger charge is 2.21. The van der Waals surface area contributed by atoms with Crippen LogP contribution in [-0.4, -0.2) is 52.5 Å². The molecule has 9 heteroatoms. The van der Waals surface area contributed by atoms with Gasteiger partial charge in [-0.1, -0.05) is 12.1 Å². The Labute approximate surface area is 164 Å². The fraction of sp³-hybridized carbons (Fsp3) is 0.316. The Morgan fingerprint density at radius 3 is 2.64 bits per heavy atom. The van der Waals surface area contributed by atoms with Crippen LogP contribution in [0.5, 0.6) is 11.5 Å². The molecule has 1 aliphatic rings. The Kier molecular flexibility index (Phi) is 5.76. The van der Waals surface area contributed by atoms with Gasteiger partial charge in [0.2, 0.25) is 15.9 Å². The molecule has 0 unspecified atom stereocenters. The molecule has 0 saturated carbocycles. The first-order valence-electron chi connectivity index (χ1n) is 8.74. The summed E-state index contributed by atoms with van der Waals surface area (Å²) in [6.07, 6.45) is 0. The van der Waals surface area contributed by atoms with Crippen molar-refractivity contribution in [2.75, 3.05) is 44.5 Å². The van der Waals surface area contributed by atoms with Gasteiger partial charge in [0.25, 0.3) is 0 Å². The number of hydrogen-bond acceptors (Lipinski definition) is 6. The average Bonchev–Trinajstić information content (AvgIpc) is 2.67. The third-order valence-electron chi connectivity index (χ3n) is 4.24. The second-order valence-corrected chi connectivity index (χ2v) is 8.62. The van der Waals surface area contributed by atoms with Crippen LogP contribution in [0, 0.1) is 6.92 Å². The zero-order chi connectivity index (χ0) is 20.3. The quantitative estimate of drug-likeness (QED) is 0.764. The molecule has 0 bridgehead atoms. The van der Waals surface area contributed by atoms with E-state index in [-0.39, 0.29) is 17.3 Å². The van der Waals surface area contributed by atoms with Crippen molar-refractivity contribution in [3.05, 3.63) is 42.0 Å². The van der Waals surface area contributed by atoms with E-state index in [0.717, 1.165) is 4.31 Å². The van der Waals surface area contributed by atoms with Crippen molar-refractivity contribution in [3.63, 3.8) is 0 Å². The Balaban J connectivity index is 1.69. The summed E-state index contributed by atoms with van der Waals surface area (Å²) < 4.78 is 37.1.